The summed E-state index contributed by atoms with van der Waals surface area (Å²) < 4.78 is 32.1. The third-order valence-corrected chi connectivity index (χ3v) is 7.68. The number of aromatic nitrogens is 3. The van der Waals surface area contributed by atoms with E-state index < -0.39 is 11.4 Å². The van der Waals surface area contributed by atoms with Gasteiger partial charge in [0.25, 0.3) is 0 Å². The zero-order valence-corrected chi connectivity index (χ0v) is 27.0. The Hall–Kier alpha value is -3.69. The summed E-state index contributed by atoms with van der Waals surface area (Å²) in [6.45, 7) is 14.2. The smallest absolute Gasteiger partial charge is 0.308 e. The van der Waals surface area contributed by atoms with Crippen LogP contribution < -0.4 is 4.90 Å². The molecule has 1 aromatic carbocycles. The molecule has 44 heavy (non-hydrogen) atoms. The van der Waals surface area contributed by atoms with Crippen LogP contribution in [0, 0.1) is 5.82 Å². The van der Waals surface area contributed by atoms with E-state index in [1.807, 2.05) is 59.9 Å². The molecule has 3 aromatic rings. The Morgan fingerprint density at radius 3 is 2.52 bits per heavy atom. The van der Waals surface area contributed by atoms with Crippen LogP contribution in [0.1, 0.15) is 84.0 Å². The minimum Gasteiger partial charge on any atom is -0.460 e. The molecule has 2 atom stereocenters. The van der Waals surface area contributed by atoms with Gasteiger partial charge in [0.05, 0.1) is 30.0 Å². The van der Waals surface area contributed by atoms with Crippen LogP contribution in [0.4, 0.5) is 10.2 Å². The number of anilines is 1. The molecule has 0 bridgehead atoms. The van der Waals surface area contributed by atoms with Crippen LogP contribution in [0.3, 0.4) is 0 Å². The molecule has 2 aliphatic rings. The maximum atomic E-state index is 14.1. The molecule has 4 heterocycles. The molecular formula is C35H43FN4O4. The molecule has 0 N–H and O–H groups in total. The van der Waals surface area contributed by atoms with Crippen LogP contribution in [0.2, 0.25) is 0 Å². The monoisotopic (exact) mass is 602 g/mol. The zero-order valence-electron chi connectivity index (χ0n) is 27.0. The Bertz CT molecular complexity index is 1550. The van der Waals surface area contributed by atoms with E-state index in [1.54, 1.807) is 12.4 Å². The maximum absolute atomic E-state index is 14.1. The Morgan fingerprint density at radius 2 is 1.84 bits per heavy atom. The second-order valence-electron chi connectivity index (χ2n) is 13.4. The molecular weight excluding hydrogens is 559 g/mol. The average molecular weight is 603 g/mol. The SMILES string of the molecule is CC(C)c1nc2c(c(-c3ccc(F)cc3)c1/C=C/[C@@H]1C[C@H](CC(=O)OC(C)(C)C)OC(C)(C)O1)CCN(C)c1nccnc1-2. The van der Waals surface area contributed by atoms with Crippen LogP contribution in [-0.2, 0) is 25.4 Å². The predicted molar refractivity (Wildman–Crippen MR) is 170 cm³/mol. The second-order valence-corrected chi connectivity index (χ2v) is 13.4. The molecule has 8 nitrogen and oxygen atoms in total. The normalized spacial score (nSPS) is 19.9. The second kappa shape index (κ2) is 12.4. The third-order valence-electron chi connectivity index (χ3n) is 7.68. The molecule has 2 aromatic heterocycles. The first-order valence-corrected chi connectivity index (χ1v) is 15.3. The van der Waals surface area contributed by atoms with Crippen molar-refractivity contribution < 1.29 is 23.4 Å². The summed E-state index contributed by atoms with van der Waals surface area (Å²) in [5.41, 5.74) is 5.77. The van der Waals surface area contributed by atoms with Gasteiger partial charge in [-0.05, 0) is 75.8 Å². The fourth-order valence-electron chi connectivity index (χ4n) is 5.98. The number of esters is 1. The number of benzene rings is 1. The third kappa shape index (κ3) is 7.16. The number of carbonyl (C=O) groups excluding carboxylic acids is 1. The van der Waals surface area contributed by atoms with Gasteiger partial charge in [0.2, 0.25) is 0 Å². The highest BCUT2D eigenvalue weighted by atomic mass is 19.1. The summed E-state index contributed by atoms with van der Waals surface area (Å²) in [4.78, 5) is 29.3. The fourth-order valence-corrected chi connectivity index (χ4v) is 5.98. The van der Waals surface area contributed by atoms with E-state index in [0.717, 1.165) is 51.7 Å². The van der Waals surface area contributed by atoms with Crippen LogP contribution in [0.5, 0.6) is 0 Å². The Morgan fingerprint density at radius 1 is 1.14 bits per heavy atom. The van der Waals surface area contributed by atoms with Gasteiger partial charge in [-0.2, -0.15) is 0 Å². The van der Waals surface area contributed by atoms with Gasteiger partial charge >= 0.3 is 5.97 Å². The summed E-state index contributed by atoms with van der Waals surface area (Å²) in [5.74, 6) is -0.616. The molecule has 1 saturated heterocycles. The topological polar surface area (TPSA) is 86.7 Å². The van der Waals surface area contributed by atoms with Gasteiger partial charge < -0.3 is 19.1 Å². The first-order chi connectivity index (χ1) is 20.7. The standard InChI is InChI=1S/C35H43FN4O4/c1-21(2)30-26(14-13-24-19-25(43-35(6,7)42-24)20-28(41)44-34(3,4)5)29(22-9-11-23(36)12-10-22)27-15-18-40(8)33-32(31(27)39-30)37-16-17-38-33/h9-14,16-17,21,24-25H,15,18-20H2,1-8H3/b14-13+/t24-,25-/m1/s1. The number of rotatable bonds is 6. The van der Waals surface area contributed by atoms with Crippen molar-refractivity contribution in [3.8, 4) is 22.5 Å². The summed E-state index contributed by atoms with van der Waals surface area (Å²) in [6, 6.07) is 6.63. The maximum Gasteiger partial charge on any atom is 0.308 e. The van der Waals surface area contributed by atoms with Crippen molar-refractivity contribution in [1.82, 2.24) is 15.0 Å². The molecule has 0 spiro atoms. The van der Waals surface area contributed by atoms with Gasteiger partial charge in [-0.15, -0.1) is 0 Å². The Balaban J connectivity index is 1.60. The van der Waals surface area contributed by atoms with Crippen molar-refractivity contribution in [3.63, 3.8) is 0 Å². The van der Waals surface area contributed by atoms with E-state index in [1.165, 1.54) is 12.1 Å². The molecule has 0 unspecified atom stereocenters. The van der Waals surface area contributed by atoms with E-state index in [2.05, 4.69) is 29.8 Å². The molecule has 9 heteroatoms. The molecule has 1 fully saturated rings. The fraction of sp³-hybridized carbons (Fsp3) is 0.486. The van der Waals surface area contributed by atoms with Crippen LogP contribution >= 0.6 is 0 Å². The number of pyridine rings is 1. The van der Waals surface area contributed by atoms with E-state index in [-0.39, 0.29) is 36.3 Å². The average Bonchev–Trinajstić information content (AvgIpc) is 3.06. The van der Waals surface area contributed by atoms with Gasteiger partial charge in [0.1, 0.15) is 17.1 Å². The molecule has 0 radical (unpaired) electrons. The highest BCUT2D eigenvalue weighted by Gasteiger charge is 2.36. The number of nitrogens with zero attached hydrogens (tertiary/aromatic N) is 4. The number of ether oxygens (including phenoxy) is 3. The van der Waals surface area contributed by atoms with E-state index >= 15 is 0 Å². The zero-order chi connectivity index (χ0) is 31.8. The minimum atomic E-state index is -0.889. The molecule has 0 aliphatic carbocycles. The Labute approximate surface area is 259 Å². The van der Waals surface area contributed by atoms with Crippen molar-refractivity contribution in [2.24, 2.45) is 0 Å². The van der Waals surface area contributed by atoms with Gasteiger partial charge in [-0.25, -0.2) is 19.3 Å². The van der Waals surface area contributed by atoms with E-state index in [0.29, 0.717) is 12.8 Å². The van der Waals surface area contributed by atoms with Gasteiger partial charge in [0, 0.05) is 38.0 Å². The van der Waals surface area contributed by atoms with Crippen molar-refractivity contribution in [1.29, 1.82) is 0 Å². The number of hydrogen-bond acceptors (Lipinski definition) is 8. The van der Waals surface area contributed by atoms with Gasteiger partial charge in [-0.1, -0.05) is 38.1 Å². The number of fused-ring (bicyclic) bond motifs is 3. The lowest BCUT2D eigenvalue weighted by molar-refractivity contribution is -0.290. The van der Waals surface area contributed by atoms with Crippen LogP contribution in [-0.4, -0.2) is 58.1 Å². The molecule has 0 saturated carbocycles. The minimum absolute atomic E-state index is 0.0761. The summed E-state index contributed by atoms with van der Waals surface area (Å²) >= 11 is 0. The number of carbonyl (C=O) groups is 1. The van der Waals surface area contributed by atoms with Crippen LogP contribution in [0.25, 0.3) is 28.6 Å². The van der Waals surface area contributed by atoms with Crippen LogP contribution in [0.15, 0.2) is 42.7 Å². The van der Waals surface area contributed by atoms with E-state index in [4.69, 9.17) is 24.2 Å². The molecule has 5 rings (SSSR count). The highest BCUT2D eigenvalue weighted by molar-refractivity contribution is 5.87. The first-order valence-electron chi connectivity index (χ1n) is 15.3. The largest absolute Gasteiger partial charge is 0.460 e. The lowest BCUT2D eigenvalue weighted by atomic mass is 9.87. The van der Waals surface area contributed by atoms with Crippen molar-refractivity contribution in [3.05, 3.63) is 65.4 Å². The highest BCUT2D eigenvalue weighted by Crippen LogP contribution is 2.42. The number of likely N-dealkylation sites (N-methyl/N-ethyl adjacent to an activating group) is 1. The first kappa shape index (κ1) is 31.7. The summed E-state index contributed by atoms with van der Waals surface area (Å²) in [5, 5.41) is 0. The van der Waals surface area contributed by atoms with Crippen molar-refractivity contribution in [2.45, 2.75) is 97.2 Å². The van der Waals surface area contributed by atoms with Crippen molar-refractivity contribution >= 4 is 17.9 Å². The van der Waals surface area contributed by atoms with Gasteiger partial charge in [0.15, 0.2) is 11.6 Å². The quantitative estimate of drug-likeness (QED) is 0.276. The summed E-state index contributed by atoms with van der Waals surface area (Å²) in [6.07, 6.45) is 8.17. The predicted octanol–water partition coefficient (Wildman–Crippen LogP) is 7.12. The summed E-state index contributed by atoms with van der Waals surface area (Å²) in [7, 11) is 2.01. The van der Waals surface area contributed by atoms with E-state index in [9.17, 15) is 9.18 Å². The lowest BCUT2D eigenvalue weighted by Gasteiger charge is -2.39. The molecule has 0 amide bonds. The van der Waals surface area contributed by atoms with Gasteiger partial charge in [-0.3, -0.25) is 4.79 Å². The number of halogens is 1. The van der Waals surface area contributed by atoms with Crippen molar-refractivity contribution in [2.75, 3.05) is 18.5 Å². The molecule has 234 valence electrons. The molecule has 2 aliphatic heterocycles. The lowest BCUT2D eigenvalue weighted by Crippen LogP contribution is -2.45. The Kier molecular flexibility index (Phi) is 8.92. The number of hydrogen-bond donors (Lipinski definition) is 0.